The van der Waals surface area contributed by atoms with Gasteiger partial charge in [0.25, 0.3) is 0 Å². The highest BCUT2D eigenvalue weighted by Gasteiger charge is 2.22. The number of ether oxygens (including phenoxy) is 1. The number of amides is 1. The van der Waals surface area contributed by atoms with E-state index in [0.717, 1.165) is 28.5 Å². The Morgan fingerprint density at radius 2 is 2.00 bits per heavy atom. The zero-order valence-corrected chi connectivity index (χ0v) is 17.1. The van der Waals surface area contributed by atoms with Crippen LogP contribution in [0.2, 0.25) is 0 Å². The highest BCUT2D eigenvalue weighted by atomic mass is 16.5. The Hall–Kier alpha value is -3.16. The van der Waals surface area contributed by atoms with Crippen LogP contribution in [0.25, 0.3) is 11.2 Å². The normalized spacial score (nSPS) is 18.6. The number of fused-ring (bicyclic) bond motifs is 1. The van der Waals surface area contributed by atoms with Crippen LogP contribution in [0.1, 0.15) is 44.5 Å². The van der Waals surface area contributed by atoms with Crippen LogP contribution in [0.15, 0.2) is 30.6 Å². The third kappa shape index (κ3) is 5.01. The van der Waals surface area contributed by atoms with Crippen LogP contribution in [0, 0.1) is 12.8 Å². The summed E-state index contributed by atoms with van der Waals surface area (Å²) in [5.74, 6) is 2.78. The summed E-state index contributed by atoms with van der Waals surface area (Å²) in [6, 6.07) is 7.67. The summed E-state index contributed by atoms with van der Waals surface area (Å²) in [7, 11) is 1.58. The van der Waals surface area contributed by atoms with Crippen LogP contribution < -0.4 is 15.8 Å². The highest BCUT2D eigenvalue weighted by molar-refractivity contribution is 5.81. The molecule has 0 radical (unpaired) electrons. The maximum Gasteiger partial charge on any atom is 0.211 e. The summed E-state index contributed by atoms with van der Waals surface area (Å²) in [5, 5.41) is 2.52. The Morgan fingerprint density at radius 3 is 2.69 bits per heavy atom. The van der Waals surface area contributed by atoms with Crippen LogP contribution in [-0.2, 0) is 4.79 Å². The third-order valence-electron chi connectivity index (χ3n) is 5.23. The molecule has 0 atom stereocenters. The third-order valence-corrected chi connectivity index (χ3v) is 5.23. The molecule has 0 saturated heterocycles. The van der Waals surface area contributed by atoms with Gasteiger partial charge in [0.05, 0.1) is 13.4 Å². The average molecular weight is 396 g/mol. The molecule has 1 fully saturated rings. The molecule has 2 heterocycles. The molecule has 154 valence electrons. The molecular weight excluding hydrogens is 368 g/mol. The number of methoxy groups -OCH3 is 1. The predicted molar refractivity (Wildman–Crippen MR) is 114 cm³/mol. The van der Waals surface area contributed by atoms with Crippen molar-refractivity contribution in [1.29, 1.82) is 0 Å². The summed E-state index contributed by atoms with van der Waals surface area (Å²) >= 11 is 0. The van der Waals surface area contributed by atoms with E-state index in [0.29, 0.717) is 24.1 Å². The van der Waals surface area contributed by atoms with Crippen molar-refractivity contribution in [2.75, 3.05) is 18.2 Å². The van der Waals surface area contributed by atoms with Crippen molar-refractivity contribution in [2.24, 2.45) is 5.92 Å². The van der Waals surface area contributed by atoms with Crippen LogP contribution in [0.4, 0.5) is 11.5 Å². The number of benzene rings is 1. The number of nitrogens with zero attached hydrogens (tertiary/aromatic N) is 4. The number of aryl methyl sites for hydroxylation is 1. The Bertz CT molecular complexity index is 963. The number of aromatic nitrogens is 4. The van der Waals surface area contributed by atoms with Crippen molar-refractivity contribution in [1.82, 2.24) is 19.5 Å². The molecule has 0 unspecified atom stereocenters. The fourth-order valence-electron chi connectivity index (χ4n) is 3.62. The van der Waals surface area contributed by atoms with Crippen molar-refractivity contribution in [3.05, 3.63) is 36.4 Å². The fraction of sp³-hybridized carbons (Fsp3) is 0.429. The minimum atomic E-state index is 0.487. The second-order valence-electron chi connectivity index (χ2n) is 7.39. The smallest absolute Gasteiger partial charge is 0.211 e. The zero-order chi connectivity index (χ0) is 20.8. The van der Waals surface area contributed by atoms with Crippen molar-refractivity contribution < 1.29 is 9.53 Å². The van der Waals surface area contributed by atoms with Gasteiger partial charge in [0.2, 0.25) is 6.41 Å². The van der Waals surface area contributed by atoms with Crippen molar-refractivity contribution in [2.45, 2.75) is 45.6 Å². The van der Waals surface area contributed by atoms with Crippen molar-refractivity contribution >= 4 is 29.1 Å². The maximum absolute atomic E-state index is 10.0. The predicted octanol–water partition coefficient (Wildman–Crippen LogP) is 3.73. The Labute approximate surface area is 170 Å². The van der Waals surface area contributed by atoms with E-state index in [2.05, 4.69) is 31.8 Å². The number of nitrogen functional groups attached to an aromatic ring is 1. The number of carbonyl (C=O) groups is 1. The van der Waals surface area contributed by atoms with Gasteiger partial charge in [-0.2, -0.15) is 0 Å². The second-order valence-corrected chi connectivity index (χ2v) is 7.39. The quantitative estimate of drug-likeness (QED) is 0.651. The Balaban J connectivity index is 0.000000188. The van der Waals surface area contributed by atoms with E-state index in [1.807, 2.05) is 25.4 Å². The monoisotopic (exact) mass is 396 g/mol. The molecule has 0 aliphatic heterocycles. The lowest BCUT2D eigenvalue weighted by molar-refractivity contribution is -0.105. The maximum atomic E-state index is 10.0. The first-order chi connectivity index (χ1) is 14.0. The van der Waals surface area contributed by atoms with Gasteiger partial charge in [-0.05, 0) is 50.7 Å². The summed E-state index contributed by atoms with van der Waals surface area (Å²) in [4.78, 5) is 23.1. The summed E-state index contributed by atoms with van der Waals surface area (Å²) in [5.41, 5.74) is 8.25. The van der Waals surface area contributed by atoms with E-state index < -0.39 is 0 Å². The summed E-state index contributed by atoms with van der Waals surface area (Å²) in [6.07, 6.45) is 7.48. The van der Waals surface area contributed by atoms with Gasteiger partial charge in [-0.15, -0.1) is 0 Å². The molecule has 0 bridgehead atoms. The minimum Gasteiger partial charge on any atom is -0.497 e. The summed E-state index contributed by atoms with van der Waals surface area (Å²) in [6.45, 7) is 4.20. The van der Waals surface area contributed by atoms with E-state index in [1.54, 1.807) is 19.2 Å². The molecule has 0 spiro atoms. The molecule has 1 aliphatic carbocycles. The van der Waals surface area contributed by atoms with Gasteiger partial charge < -0.3 is 20.4 Å². The fourth-order valence-corrected chi connectivity index (χ4v) is 3.62. The van der Waals surface area contributed by atoms with Crippen LogP contribution >= 0.6 is 0 Å². The first kappa shape index (κ1) is 20.6. The number of nitrogens with two attached hydrogens (primary N) is 1. The molecule has 3 N–H and O–H groups in total. The van der Waals surface area contributed by atoms with Gasteiger partial charge in [-0.25, -0.2) is 15.0 Å². The number of rotatable bonds is 4. The largest absolute Gasteiger partial charge is 0.497 e. The van der Waals surface area contributed by atoms with Gasteiger partial charge in [-0.1, -0.05) is 13.0 Å². The molecule has 8 nitrogen and oxygen atoms in total. The zero-order valence-electron chi connectivity index (χ0n) is 17.1. The van der Waals surface area contributed by atoms with E-state index in [-0.39, 0.29) is 0 Å². The number of hydrogen-bond donors (Lipinski definition) is 2. The van der Waals surface area contributed by atoms with Crippen LogP contribution in [-0.4, -0.2) is 33.0 Å². The topological polar surface area (TPSA) is 108 Å². The van der Waals surface area contributed by atoms with Gasteiger partial charge in [-0.3, -0.25) is 4.79 Å². The van der Waals surface area contributed by atoms with Gasteiger partial charge in [0.15, 0.2) is 11.5 Å². The highest BCUT2D eigenvalue weighted by Crippen LogP contribution is 2.33. The van der Waals surface area contributed by atoms with Gasteiger partial charge in [0.1, 0.15) is 17.1 Å². The van der Waals surface area contributed by atoms with Crippen LogP contribution in [0.3, 0.4) is 0 Å². The van der Waals surface area contributed by atoms with E-state index >= 15 is 0 Å². The molecule has 1 saturated carbocycles. The van der Waals surface area contributed by atoms with E-state index in [1.165, 1.54) is 25.7 Å². The lowest BCUT2D eigenvalue weighted by Crippen LogP contribution is -2.16. The standard InChI is InChI=1S/C13H19N5.C8H9NO2/c1-8-3-5-10(6-4-8)18-7-15-11-12(14)16-9(2)17-13(11)18;1-11-8-4-2-3-7(5-8)9-6-10/h7-8,10H,3-6H2,1-2H3,(H2,14,16,17);2-6H,1H3,(H,9,10). The van der Waals surface area contributed by atoms with Crippen molar-refractivity contribution in [3.63, 3.8) is 0 Å². The molecular formula is C21H28N6O2. The molecule has 1 aromatic carbocycles. The molecule has 1 amide bonds. The van der Waals surface area contributed by atoms with Gasteiger partial charge >= 0.3 is 0 Å². The number of carbonyl (C=O) groups excluding carboxylic acids is 1. The van der Waals surface area contributed by atoms with Crippen LogP contribution in [0.5, 0.6) is 5.75 Å². The molecule has 8 heteroatoms. The van der Waals surface area contributed by atoms with Crippen molar-refractivity contribution in [3.8, 4) is 5.75 Å². The molecule has 4 rings (SSSR count). The Kier molecular flexibility index (Phi) is 6.64. The van der Waals surface area contributed by atoms with E-state index in [9.17, 15) is 4.79 Å². The van der Waals surface area contributed by atoms with Gasteiger partial charge in [0, 0.05) is 17.8 Å². The summed E-state index contributed by atoms with van der Waals surface area (Å²) < 4.78 is 7.13. The lowest BCUT2D eigenvalue weighted by atomic mass is 9.87. The number of anilines is 2. The second kappa shape index (κ2) is 9.36. The first-order valence-electron chi connectivity index (χ1n) is 9.82. The number of imidazole rings is 1. The molecule has 29 heavy (non-hydrogen) atoms. The molecule has 3 aromatic rings. The molecule has 1 aliphatic rings. The lowest BCUT2D eigenvalue weighted by Gasteiger charge is -2.27. The average Bonchev–Trinajstić information content (AvgIpc) is 3.14. The number of nitrogens with one attached hydrogen (secondary N) is 1. The SMILES string of the molecule is COc1cccc(NC=O)c1.Cc1nc(N)c2ncn(C3CCC(C)CC3)c2n1. The Morgan fingerprint density at radius 1 is 1.24 bits per heavy atom. The molecule has 2 aromatic heterocycles. The first-order valence-corrected chi connectivity index (χ1v) is 9.82. The van der Waals surface area contributed by atoms with E-state index in [4.69, 9.17) is 10.5 Å². The minimum absolute atomic E-state index is 0.487. The number of hydrogen-bond acceptors (Lipinski definition) is 6.